The largest absolute Gasteiger partial charge is 0.402 e. The second-order valence-electron chi connectivity index (χ2n) is 4.14. The molecule has 2 aromatic heterocycles. The molecular formula is C14H10N6O. The summed E-state index contributed by atoms with van der Waals surface area (Å²) >= 11 is 0. The Balaban J connectivity index is 1.84. The standard InChI is InChI=1S/C14H10N6O/c15-7-10-6-12(16)13(17-8-10)21-14-18-9-20(19-14)11-4-2-1-3-5-11/h1-6,8-9H,16H2. The number of ether oxygens (including phenoxy) is 1. The Hall–Kier alpha value is -3.40. The fraction of sp³-hybridized carbons (Fsp3) is 0. The van der Waals surface area contributed by atoms with E-state index in [0.717, 1.165) is 5.69 Å². The van der Waals surface area contributed by atoms with Gasteiger partial charge < -0.3 is 10.5 Å². The predicted octanol–water partition coefficient (Wildman–Crippen LogP) is 1.91. The normalized spacial score (nSPS) is 10.0. The summed E-state index contributed by atoms with van der Waals surface area (Å²) in [6, 6.07) is 13.1. The van der Waals surface area contributed by atoms with E-state index in [1.165, 1.54) is 18.6 Å². The number of nitrogens with two attached hydrogens (primary N) is 1. The molecule has 1 aromatic carbocycles. The van der Waals surface area contributed by atoms with Crippen LogP contribution in [0.5, 0.6) is 11.9 Å². The van der Waals surface area contributed by atoms with Gasteiger partial charge in [0.1, 0.15) is 12.4 Å². The molecule has 0 aliphatic heterocycles. The molecule has 0 aliphatic rings. The van der Waals surface area contributed by atoms with Gasteiger partial charge in [0.15, 0.2) is 0 Å². The van der Waals surface area contributed by atoms with Gasteiger partial charge in [0.25, 0.3) is 0 Å². The number of nitriles is 1. The van der Waals surface area contributed by atoms with Crippen LogP contribution in [0.2, 0.25) is 0 Å². The maximum atomic E-state index is 8.76. The second kappa shape index (κ2) is 5.30. The summed E-state index contributed by atoms with van der Waals surface area (Å²) in [5, 5.41) is 12.9. The number of benzene rings is 1. The number of aromatic nitrogens is 4. The molecule has 0 amide bonds. The molecule has 0 spiro atoms. The van der Waals surface area contributed by atoms with Crippen LogP contribution in [0.25, 0.3) is 5.69 Å². The van der Waals surface area contributed by atoms with Gasteiger partial charge >= 0.3 is 6.01 Å². The van der Waals surface area contributed by atoms with Crippen molar-refractivity contribution in [3.8, 4) is 23.6 Å². The molecule has 0 fully saturated rings. The highest BCUT2D eigenvalue weighted by atomic mass is 16.5. The van der Waals surface area contributed by atoms with E-state index in [1.807, 2.05) is 36.4 Å². The Kier molecular flexibility index (Phi) is 3.19. The first-order valence-electron chi connectivity index (χ1n) is 6.07. The van der Waals surface area contributed by atoms with Crippen LogP contribution in [0.4, 0.5) is 5.69 Å². The lowest BCUT2D eigenvalue weighted by molar-refractivity contribution is 0.427. The van der Waals surface area contributed by atoms with Gasteiger partial charge in [0, 0.05) is 6.20 Å². The number of rotatable bonds is 3. The first kappa shape index (κ1) is 12.6. The van der Waals surface area contributed by atoms with Crippen molar-refractivity contribution in [1.29, 1.82) is 5.26 Å². The predicted molar refractivity (Wildman–Crippen MR) is 74.8 cm³/mol. The van der Waals surface area contributed by atoms with Crippen LogP contribution in [0.3, 0.4) is 0 Å². The lowest BCUT2D eigenvalue weighted by atomic mass is 10.3. The summed E-state index contributed by atoms with van der Waals surface area (Å²) in [4.78, 5) is 8.01. The van der Waals surface area contributed by atoms with Gasteiger partial charge in [-0.1, -0.05) is 18.2 Å². The van der Waals surface area contributed by atoms with Gasteiger partial charge in [-0.25, -0.2) is 9.67 Å². The molecular weight excluding hydrogens is 268 g/mol. The summed E-state index contributed by atoms with van der Waals surface area (Å²) < 4.78 is 7.00. The Morgan fingerprint density at radius 3 is 2.71 bits per heavy atom. The minimum absolute atomic E-state index is 0.128. The minimum Gasteiger partial charge on any atom is -0.402 e. The van der Waals surface area contributed by atoms with Crippen molar-refractivity contribution in [2.75, 3.05) is 5.73 Å². The first-order chi connectivity index (χ1) is 10.3. The van der Waals surface area contributed by atoms with Crippen molar-refractivity contribution in [1.82, 2.24) is 19.7 Å². The van der Waals surface area contributed by atoms with Gasteiger partial charge in [-0.15, -0.1) is 5.10 Å². The molecule has 0 radical (unpaired) electrons. The van der Waals surface area contributed by atoms with Crippen LogP contribution < -0.4 is 10.5 Å². The average Bonchev–Trinajstić information content (AvgIpc) is 2.99. The number of hydrogen-bond donors (Lipinski definition) is 1. The van der Waals surface area contributed by atoms with Crippen LogP contribution >= 0.6 is 0 Å². The lowest BCUT2D eigenvalue weighted by Gasteiger charge is -2.03. The summed E-state index contributed by atoms with van der Waals surface area (Å²) in [7, 11) is 0. The molecule has 7 nitrogen and oxygen atoms in total. The fourth-order valence-electron chi connectivity index (χ4n) is 1.70. The number of pyridine rings is 1. The second-order valence-corrected chi connectivity index (χ2v) is 4.14. The molecule has 0 saturated carbocycles. The van der Waals surface area contributed by atoms with E-state index < -0.39 is 0 Å². The third-order valence-electron chi connectivity index (χ3n) is 2.69. The molecule has 0 aliphatic carbocycles. The Labute approximate surface area is 120 Å². The number of nitrogens with zero attached hydrogens (tertiary/aromatic N) is 5. The topological polar surface area (TPSA) is 103 Å². The van der Waals surface area contributed by atoms with Crippen LogP contribution in [0, 0.1) is 11.3 Å². The maximum Gasteiger partial charge on any atom is 0.342 e. The van der Waals surface area contributed by atoms with Crippen molar-refractivity contribution in [2.24, 2.45) is 0 Å². The molecule has 0 bridgehead atoms. The molecule has 7 heteroatoms. The van der Waals surface area contributed by atoms with Crippen molar-refractivity contribution in [2.45, 2.75) is 0 Å². The lowest BCUT2D eigenvalue weighted by Crippen LogP contribution is -1.98. The molecule has 21 heavy (non-hydrogen) atoms. The first-order valence-corrected chi connectivity index (χ1v) is 6.07. The number of para-hydroxylation sites is 1. The highest BCUT2D eigenvalue weighted by Gasteiger charge is 2.09. The highest BCUT2D eigenvalue weighted by Crippen LogP contribution is 2.23. The summed E-state index contributed by atoms with van der Waals surface area (Å²) in [6.07, 6.45) is 2.91. The molecule has 0 saturated heterocycles. The van der Waals surface area contributed by atoms with Crippen molar-refractivity contribution in [3.63, 3.8) is 0 Å². The molecule has 2 N–H and O–H groups in total. The SMILES string of the molecule is N#Cc1cnc(Oc2ncn(-c3ccccc3)n2)c(N)c1. The molecule has 3 aromatic rings. The van der Waals surface area contributed by atoms with E-state index in [1.54, 1.807) is 4.68 Å². The van der Waals surface area contributed by atoms with Gasteiger partial charge in [0.05, 0.1) is 16.9 Å². The number of anilines is 1. The van der Waals surface area contributed by atoms with Gasteiger partial charge in [-0.3, -0.25) is 0 Å². The van der Waals surface area contributed by atoms with Gasteiger partial charge in [-0.05, 0) is 18.2 Å². The Morgan fingerprint density at radius 1 is 1.19 bits per heavy atom. The average molecular weight is 278 g/mol. The summed E-state index contributed by atoms with van der Waals surface area (Å²) in [5.41, 5.74) is 7.24. The molecule has 3 rings (SSSR count). The maximum absolute atomic E-state index is 8.76. The van der Waals surface area contributed by atoms with E-state index in [2.05, 4.69) is 15.1 Å². The zero-order valence-corrected chi connectivity index (χ0v) is 10.8. The zero-order chi connectivity index (χ0) is 14.7. The van der Waals surface area contributed by atoms with E-state index >= 15 is 0 Å². The molecule has 0 atom stereocenters. The quantitative estimate of drug-likeness (QED) is 0.785. The van der Waals surface area contributed by atoms with Gasteiger partial charge in [0.2, 0.25) is 5.88 Å². The summed E-state index contributed by atoms with van der Waals surface area (Å²) in [6.45, 7) is 0. The molecule has 0 unspecified atom stereocenters. The van der Waals surface area contributed by atoms with E-state index in [-0.39, 0.29) is 17.6 Å². The Morgan fingerprint density at radius 2 is 2.00 bits per heavy atom. The summed E-state index contributed by atoms with van der Waals surface area (Å²) in [5.74, 6) is 0.166. The van der Waals surface area contributed by atoms with Crippen LogP contribution in [-0.4, -0.2) is 19.7 Å². The van der Waals surface area contributed by atoms with E-state index in [9.17, 15) is 0 Å². The fourth-order valence-corrected chi connectivity index (χ4v) is 1.70. The van der Waals surface area contributed by atoms with Crippen LogP contribution in [0.15, 0.2) is 48.9 Å². The van der Waals surface area contributed by atoms with E-state index in [0.29, 0.717) is 5.56 Å². The number of nitrogen functional groups attached to an aromatic ring is 1. The third-order valence-corrected chi connectivity index (χ3v) is 2.69. The smallest absolute Gasteiger partial charge is 0.342 e. The Bertz CT molecular complexity index is 806. The molecule has 102 valence electrons. The zero-order valence-electron chi connectivity index (χ0n) is 10.8. The number of hydrogen-bond acceptors (Lipinski definition) is 6. The van der Waals surface area contributed by atoms with Crippen LogP contribution in [-0.2, 0) is 0 Å². The minimum atomic E-state index is 0.128. The third kappa shape index (κ3) is 2.64. The van der Waals surface area contributed by atoms with Crippen LogP contribution in [0.1, 0.15) is 5.56 Å². The van der Waals surface area contributed by atoms with E-state index in [4.69, 9.17) is 15.7 Å². The van der Waals surface area contributed by atoms with Crippen molar-refractivity contribution < 1.29 is 4.74 Å². The molecule has 2 heterocycles. The monoisotopic (exact) mass is 278 g/mol. The highest BCUT2D eigenvalue weighted by molar-refractivity contribution is 5.52. The van der Waals surface area contributed by atoms with Gasteiger partial charge in [-0.2, -0.15) is 10.2 Å². The van der Waals surface area contributed by atoms with Crippen molar-refractivity contribution >= 4 is 5.69 Å². The van der Waals surface area contributed by atoms with Crippen molar-refractivity contribution in [3.05, 3.63) is 54.5 Å².